The first-order chi connectivity index (χ1) is 14.9. The van der Waals surface area contributed by atoms with Crippen molar-refractivity contribution < 1.29 is 17.2 Å². The lowest BCUT2D eigenvalue weighted by atomic mass is 10.1. The van der Waals surface area contributed by atoms with Crippen molar-refractivity contribution in [3.63, 3.8) is 0 Å². The van der Waals surface area contributed by atoms with Gasteiger partial charge in [0.2, 0.25) is 0 Å². The molecular weight excluding hydrogens is 420 g/mol. The summed E-state index contributed by atoms with van der Waals surface area (Å²) in [6.45, 7) is 2.91. The topological polar surface area (TPSA) is 64.0 Å². The van der Waals surface area contributed by atoms with E-state index < -0.39 is 26.6 Å². The van der Waals surface area contributed by atoms with Crippen LogP contribution >= 0.6 is 0 Å². The van der Waals surface area contributed by atoms with E-state index in [1.54, 1.807) is 24.3 Å². The number of hydrogen-bond donors (Lipinski definition) is 1. The van der Waals surface area contributed by atoms with Crippen molar-refractivity contribution in [3.8, 4) is 0 Å². The Bertz CT molecular complexity index is 1330. The standard InChI is InChI=1S/C23H21F2N3O2S/c1-2-28-21-6-4-3-5-20(21)26-23(28)14-9-16-7-11-18(12-8-16)27-31(29,30)22-15-17(24)10-13-19(22)25/h3-8,10-13,15,27H,2,9,14H2,1H3. The molecule has 31 heavy (non-hydrogen) atoms. The smallest absolute Gasteiger partial charge is 0.264 e. The van der Waals surface area contributed by atoms with E-state index in [0.717, 1.165) is 53.9 Å². The number of sulfonamides is 1. The minimum atomic E-state index is -4.24. The Balaban J connectivity index is 1.47. The first-order valence-corrected chi connectivity index (χ1v) is 11.4. The Labute approximate surface area is 179 Å². The number of nitrogens with one attached hydrogen (secondary N) is 1. The molecule has 0 spiro atoms. The van der Waals surface area contributed by atoms with Gasteiger partial charge in [-0.15, -0.1) is 0 Å². The van der Waals surface area contributed by atoms with Crippen molar-refractivity contribution in [1.29, 1.82) is 0 Å². The Kier molecular flexibility index (Phi) is 5.73. The fourth-order valence-electron chi connectivity index (χ4n) is 3.56. The van der Waals surface area contributed by atoms with Crippen molar-refractivity contribution >= 4 is 26.7 Å². The number of rotatable bonds is 7. The molecule has 4 aromatic rings. The summed E-state index contributed by atoms with van der Waals surface area (Å²) in [6, 6.07) is 17.1. The predicted octanol–water partition coefficient (Wildman–Crippen LogP) is 4.92. The lowest BCUT2D eigenvalue weighted by Crippen LogP contribution is -2.15. The van der Waals surface area contributed by atoms with Crippen molar-refractivity contribution in [2.45, 2.75) is 31.2 Å². The third-order valence-electron chi connectivity index (χ3n) is 5.08. The molecule has 0 amide bonds. The van der Waals surface area contributed by atoms with Gasteiger partial charge in [-0.1, -0.05) is 24.3 Å². The van der Waals surface area contributed by atoms with E-state index in [4.69, 9.17) is 4.98 Å². The Morgan fingerprint density at radius 1 is 0.968 bits per heavy atom. The second-order valence-electron chi connectivity index (χ2n) is 7.14. The van der Waals surface area contributed by atoms with Crippen LogP contribution in [0.1, 0.15) is 18.3 Å². The summed E-state index contributed by atoms with van der Waals surface area (Å²) in [5.41, 5.74) is 3.35. The number of nitrogens with zero attached hydrogens (tertiary/aromatic N) is 2. The summed E-state index contributed by atoms with van der Waals surface area (Å²) >= 11 is 0. The molecule has 4 rings (SSSR count). The lowest BCUT2D eigenvalue weighted by molar-refractivity contribution is 0.555. The molecule has 1 aromatic heterocycles. The molecule has 0 saturated heterocycles. The highest BCUT2D eigenvalue weighted by Crippen LogP contribution is 2.21. The molecule has 0 aliphatic heterocycles. The van der Waals surface area contributed by atoms with Crippen LogP contribution in [0.15, 0.2) is 71.6 Å². The fraction of sp³-hybridized carbons (Fsp3) is 0.174. The van der Waals surface area contributed by atoms with E-state index in [2.05, 4.69) is 22.3 Å². The van der Waals surface area contributed by atoms with E-state index in [-0.39, 0.29) is 5.69 Å². The highest BCUT2D eigenvalue weighted by molar-refractivity contribution is 7.92. The van der Waals surface area contributed by atoms with Crippen molar-refractivity contribution in [3.05, 3.63) is 89.8 Å². The molecule has 0 fully saturated rings. The fourth-order valence-corrected chi connectivity index (χ4v) is 4.71. The largest absolute Gasteiger partial charge is 0.328 e. The molecule has 0 atom stereocenters. The van der Waals surface area contributed by atoms with E-state index in [9.17, 15) is 17.2 Å². The SMILES string of the molecule is CCn1c(CCc2ccc(NS(=O)(=O)c3cc(F)ccc3F)cc2)nc2ccccc21. The van der Waals surface area contributed by atoms with Crippen LogP contribution in [-0.2, 0) is 29.4 Å². The number of imidazole rings is 1. The summed E-state index contributed by atoms with van der Waals surface area (Å²) in [5, 5.41) is 0. The molecule has 0 unspecified atom stereocenters. The second-order valence-corrected chi connectivity index (χ2v) is 8.79. The minimum Gasteiger partial charge on any atom is -0.328 e. The molecule has 0 saturated carbocycles. The molecular formula is C23H21F2N3O2S. The van der Waals surface area contributed by atoms with Gasteiger partial charge >= 0.3 is 0 Å². The maximum Gasteiger partial charge on any atom is 0.264 e. The summed E-state index contributed by atoms with van der Waals surface area (Å²) in [4.78, 5) is 3.99. The third-order valence-corrected chi connectivity index (χ3v) is 6.47. The first-order valence-electron chi connectivity index (χ1n) is 9.88. The van der Waals surface area contributed by atoms with Gasteiger partial charge in [0.25, 0.3) is 10.0 Å². The van der Waals surface area contributed by atoms with E-state index in [0.29, 0.717) is 6.07 Å². The quantitative estimate of drug-likeness (QED) is 0.443. The maximum atomic E-state index is 13.8. The molecule has 0 bridgehead atoms. The number of fused-ring (bicyclic) bond motifs is 1. The van der Waals surface area contributed by atoms with E-state index >= 15 is 0 Å². The molecule has 0 aliphatic carbocycles. The molecule has 0 radical (unpaired) electrons. The van der Waals surface area contributed by atoms with Crippen LogP contribution in [0.3, 0.4) is 0 Å². The zero-order valence-electron chi connectivity index (χ0n) is 16.8. The normalized spacial score (nSPS) is 11.7. The highest BCUT2D eigenvalue weighted by atomic mass is 32.2. The number of aromatic nitrogens is 2. The van der Waals surface area contributed by atoms with Crippen LogP contribution in [0.25, 0.3) is 11.0 Å². The molecule has 3 aromatic carbocycles. The molecule has 1 N–H and O–H groups in total. The highest BCUT2D eigenvalue weighted by Gasteiger charge is 2.20. The Morgan fingerprint density at radius 2 is 1.71 bits per heavy atom. The average Bonchev–Trinajstić information content (AvgIpc) is 3.12. The van der Waals surface area contributed by atoms with Crippen molar-refractivity contribution in [1.82, 2.24) is 9.55 Å². The lowest BCUT2D eigenvalue weighted by Gasteiger charge is -2.10. The number of hydrogen-bond acceptors (Lipinski definition) is 3. The number of aryl methyl sites for hydroxylation is 3. The summed E-state index contributed by atoms with van der Waals surface area (Å²) < 4.78 is 56.5. The molecule has 8 heteroatoms. The molecule has 5 nitrogen and oxygen atoms in total. The number of benzene rings is 3. The van der Waals surface area contributed by atoms with Gasteiger partial charge in [0.1, 0.15) is 22.4 Å². The van der Waals surface area contributed by atoms with Crippen molar-refractivity contribution in [2.24, 2.45) is 0 Å². The van der Waals surface area contributed by atoms with Crippen LogP contribution in [0.5, 0.6) is 0 Å². The Hall–Kier alpha value is -3.26. The van der Waals surface area contributed by atoms with Gasteiger partial charge in [-0.05, 0) is 61.4 Å². The first kappa shape index (κ1) is 21.0. The monoisotopic (exact) mass is 441 g/mol. The zero-order valence-corrected chi connectivity index (χ0v) is 17.7. The van der Waals surface area contributed by atoms with Crippen LogP contribution in [-0.4, -0.2) is 18.0 Å². The zero-order chi connectivity index (χ0) is 22.0. The number of para-hydroxylation sites is 2. The predicted molar refractivity (Wildman–Crippen MR) is 116 cm³/mol. The summed E-state index contributed by atoms with van der Waals surface area (Å²) in [6.07, 6.45) is 1.47. The van der Waals surface area contributed by atoms with Gasteiger partial charge in [0.05, 0.1) is 11.0 Å². The van der Waals surface area contributed by atoms with Gasteiger partial charge in [-0.3, -0.25) is 4.72 Å². The van der Waals surface area contributed by atoms with Gasteiger partial charge in [0.15, 0.2) is 0 Å². The molecule has 1 heterocycles. The molecule has 160 valence electrons. The van der Waals surface area contributed by atoms with Crippen LogP contribution < -0.4 is 4.72 Å². The van der Waals surface area contributed by atoms with E-state index in [1.165, 1.54) is 0 Å². The molecule has 0 aliphatic rings. The second kappa shape index (κ2) is 8.47. The average molecular weight is 442 g/mol. The third kappa shape index (κ3) is 4.44. The van der Waals surface area contributed by atoms with Crippen LogP contribution in [0.2, 0.25) is 0 Å². The van der Waals surface area contributed by atoms with Gasteiger partial charge in [-0.2, -0.15) is 0 Å². The minimum absolute atomic E-state index is 0.271. The maximum absolute atomic E-state index is 13.8. The number of anilines is 1. The van der Waals surface area contributed by atoms with Gasteiger partial charge < -0.3 is 4.57 Å². The van der Waals surface area contributed by atoms with E-state index in [1.807, 2.05) is 18.2 Å². The van der Waals surface area contributed by atoms with Crippen LogP contribution in [0, 0.1) is 11.6 Å². The van der Waals surface area contributed by atoms with Crippen LogP contribution in [0.4, 0.5) is 14.5 Å². The summed E-state index contributed by atoms with van der Waals surface area (Å²) in [5.74, 6) is -0.838. The van der Waals surface area contributed by atoms with Gasteiger partial charge in [-0.25, -0.2) is 22.2 Å². The summed E-state index contributed by atoms with van der Waals surface area (Å²) in [7, 11) is -4.24. The van der Waals surface area contributed by atoms with Crippen molar-refractivity contribution in [2.75, 3.05) is 4.72 Å². The number of halogens is 2. The van der Waals surface area contributed by atoms with Gasteiger partial charge in [0, 0.05) is 18.7 Å². The Morgan fingerprint density at radius 3 is 2.45 bits per heavy atom.